The first-order valence-electron chi connectivity index (χ1n) is 12.1. The summed E-state index contributed by atoms with van der Waals surface area (Å²) >= 11 is 0. The van der Waals surface area contributed by atoms with E-state index >= 15 is 0 Å². The van der Waals surface area contributed by atoms with Crippen molar-refractivity contribution in [1.82, 2.24) is 0 Å². The minimum atomic E-state index is -1.25. The molecule has 0 aliphatic heterocycles. The van der Waals surface area contributed by atoms with Crippen molar-refractivity contribution in [2.75, 3.05) is 6.61 Å². The third-order valence-corrected chi connectivity index (χ3v) is 8.42. The average molecular weight is 508 g/mol. The van der Waals surface area contributed by atoms with Crippen LogP contribution in [0.4, 0.5) is 0 Å². The lowest BCUT2D eigenvalue weighted by atomic mass is 9.56. The standard InChI is InChI=1S/C30H20O8/c31-11-12-6-15-24-18(4-5-20(34)27(24)29(12)38)30-13(8-22(36)26-17(30)2-1-3-19(26)33)7-21(35)25-16(28(15)30)9-14(32)10-23(25)37/h1-6,9-10,13,31-34,37H,7-8,11H2. The summed E-state index contributed by atoms with van der Waals surface area (Å²) in [5, 5.41) is 53.1. The Kier molecular flexibility index (Phi) is 4.27. The van der Waals surface area contributed by atoms with Crippen molar-refractivity contribution in [1.29, 1.82) is 0 Å². The van der Waals surface area contributed by atoms with Gasteiger partial charge in [-0.2, -0.15) is 0 Å². The first-order chi connectivity index (χ1) is 18.2. The fourth-order valence-electron chi connectivity index (χ4n) is 7.14. The van der Waals surface area contributed by atoms with Crippen LogP contribution in [0, 0.1) is 5.92 Å². The molecule has 3 aromatic rings. The molecule has 38 heavy (non-hydrogen) atoms. The molecular formula is C30H20O8. The molecule has 2 unspecified atom stereocenters. The maximum atomic E-state index is 13.6. The van der Waals surface area contributed by atoms with Crippen molar-refractivity contribution in [2.24, 2.45) is 5.92 Å². The number of ketones is 3. The second kappa shape index (κ2) is 7.20. The number of aromatic hydroxyl groups is 4. The lowest BCUT2D eigenvalue weighted by molar-refractivity contribution is 0.0883. The number of fused-ring (bicyclic) bond motifs is 3. The largest absolute Gasteiger partial charge is 0.508 e. The van der Waals surface area contributed by atoms with Gasteiger partial charge in [0.1, 0.15) is 23.0 Å². The number of hydrogen-bond acceptors (Lipinski definition) is 8. The summed E-state index contributed by atoms with van der Waals surface area (Å²) in [6.07, 6.45) is 1.27. The van der Waals surface area contributed by atoms with Gasteiger partial charge in [0.15, 0.2) is 17.3 Å². The fraction of sp³-hybridized carbons (Fsp3) is 0.167. The monoisotopic (exact) mass is 508 g/mol. The molecule has 0 aromatic heterocycles. The predicted molar refractivity (Wildman–Crippen MR) is 134 cm³/mol. The number of phenolic OH excluding ortho intramolecular Hbond substituents is 4. The van der Waals surface area contributed by atoms with Gasteiger partial charge in [0.05, 0.1) is 28.7 Å². The summed E-state index contributed by atoms with van der Waals surface area (Å²) in [4.78, 5) is 40.4. The molecular weight excluding hydrogens is 488 g/mol. The molecule has 3 aromatic carbocycles. The van der Waals surface area contributed by atoms with Crippen LogP contribution < -0.4 is 0 Å². The summed E-state index contributed by atoms with van der Waals surface area (Å²) in [7, 11) is 0. The van der Waals surface area contributed by atoms with E-state index in [9.17, 15) is 39.9 Å². The van der Waals surface area contributed by atoms with Gasteiger partial charge in [0, 0.05) is 30.0 Å². The molecule has 0 saturated heterocycles. The van der Waals surface area contributed by atoms with E-state index in [1.807, 2.05) is 0 Å². The maximum Gasteiger partial charge on any atom is 0.195 e. The van der Waals surface area contributed by atoms with E-state index in [1.165, 1.54) is 24.3 Å². The number of aliphatic hydroxyl groups excluding tert-OH is 1. The third kappa shape index (κ3) is 2.45. The Morgan fingerprint density at radius 3 is 2.18 bits per heavy atom. The number of allylic oxidation sites excluding steroid dienone is 3. The molecule has 2 atom stereocenters. The molecule has 0 heterocycles. The Hall–Kier alpha value is -4.69. The van der Waals surface area contributed by atoms with Gasteiger partial charge in [-0.15, -0.1) is 0 Å². The Bertz CT molecular complexity index is 1760. The lowest BCUT2D eigenvalue weighted by Crippen LogP contribution is -2.42. The van der Waals surface area contributed by atoms with Crippen LogP contribution in [0.25, 0.3) is 11.1 Å². The Morgan fingerprint density at radius 1 is 0.763 bits per heavy atom. The fourth-order valence-corrected chi connectivity index (χ4v) is 7.14. The lowest BCUT2D eigenvalue weighted by Gasteiger charge is -2.44. The maximum absolute atomic E-state index is 13.6. The van der Waals surface area contributed by atoms with E-state index in [-0.39, 0.29) is 63.7 Å². The summed E-state index contributed by atoms with van der Waals surface area (Å²) < 4.78 is 0. The van der Waals surface area contributed by atoms with Gasteiger partial charge in [0.25, 0.3) is 0 Å². The Morgan fingerprint density at radius 2 is 1.45 bits per heavy atom. The van der Waals surface area contributed by atoms with E-state index in [4.69, 9.17) is 0 Å². The van der Waals surface area contributed by atoms with Crippen molar-refractivity contribution in [3.8, 4) is 23.0 Å². The second-order valence-electron chi connectivity index (χ2n) is 10.2. The van der Waals surface area contributed by atoms with E-state index in [2.05, 4.69) is 0 Å². The molecule has 0 radical (unpaired) electrons. The quantitative estimate of drug-likeness (QED) is 0.334. The van der Waals surface area contributed by atoms with Gasteiger partial charge < -0.3 is 25.5 Å². The number of hydrogen-bond donors (Lipinski definition) is 5. The van der Waals surface area contributed by atoms with E-state index in [0.29, 0.717) is 27.8 Å². The molecule has 8 heteroatoms. The van der Waals surface area contributed by atoms with Crippen LogP contribution in [0.2, 0.25) is 0 Å². The zero-order chi connectivity index (χ0) is 26.7. The molecule has 4 aliphatic rings. The van der Waals surface area contributed by atoms with Gasteiger partial charge in [0.2, 0.25) is 0 Å². The minimum absolute atomic E-state index is 0.00592. The highest BCUT2D eigenvalue weighted by molar-refractivity contribution is 6.25. The molecule has 188 valence electrons. The SMILES string of the molecule is O=C1CC2CC(=O)c3c(O)cccc3C23C(=C2C=C(CO)C(=O)c4c(O)ccc3c42)c2cc(O)cc(O)c21. The van der Waals surface area contributed by atoms with Crippen LogP contribution >= 0.6 is 0 Å². The highest BCUT2D eigenvalue weighted by Crippen LogP contribution is 2.67. The van der Waals surface area contributed by atoms with Crippen molar-refractivity contribution in [2.45, 2.75) is 18.3 Å². The van der Waals surface area contributed by atoms with E-state index in [1.54, 1.807) is 18.2 Å². The van der Waals surface area contributed by atoms with E-state index < -0.39 is 35.3 Å². The summed E-state index contributed by atoms with van der Waals surface area (Å²) in [6, 6.07) is 10.2. The molecule has 1 spiro atoms. The highest BCUT2D eigenvalue weighted by atomic mass is 16.3. The van der Waals surface area contributed by atoms with Crippen LogP contribution in [0.3, 0.4) is 0 Å². The second-order valence-corrected chi connectivity index (χ2v) is 10.2. The van der Waals surface area contributed by atoms with Gasteiger partial charge in [-0.25, -0.2) is 0 Å². The normalized spacial score (nSPS) is 22.7. The highest BCUT2D eigenvalue weighted by Gasteiger charge is 2.59. The summed E-state index contributed by atoms with van der Waals surface area (Å²) in [6.45, 7) is -0.609. The Balaban J connectivity index is 1.77. The third-order valence-electron chi connectivity index (χ3n) is 8.42. The van der Waals surface area contributed by atoms with Crippen molar-refractivity contribution in [3.63, 3.8) is 0 Å². The topological polar surface area (TPSA) is 152 Å². The first-order valence-corrected chi connectivity index (χ1v) is 12.1. The molecule has 0 amide bonds. The van der Waals surface area contributed by atoms with Gasteiger partial charge in [-0.05, 0) is 58.0 Å². The Labute approximate surface area is 215 Å². The summed E-state index contributed by atoms with van der Waals surface area (Å²) in [5.41, 5.74) is 1.33. The molecule has 7 rings (SSSR count). The number of benzene rings is 3. The molecule has 4 aliphatic carbocycles. The number of rotatable bonds is 1. The van der Waals surface area contributed by atoms with E-state index in [0.717, 1.165) is 6.07 Å². The smallest absolute Gasteiger partial charge is 0.195 e. The van der Waals surface area contributed by atoms with Crippen molar-refractivity contribution < 1.29 is 39.9 Å². The zero-order valence-electron chi connectivity index (χ0n) is 19.8. The van der Waals surface area contributed by atoms with Gasteiger partial charge in [-0.3, -0.25) is 14.4 Å². The number of Topliss-reactive ketones (excluding diaryl/α,β-unsaturated/α-hetero) is 3. The number of carbonyl (C=O) groups is 3. The van der Waals surface area contributed by atoms with Crippen LogP contribution in [-0.4, -0.2) is 49.5 Å². The predicted octanol–water partition coefficient (Wildman–Crippen LogP) is 3.62. The van der Waals surface area contributed by atoms with Crippen LogP contribution in [0.1, 0.15) is 66.2 Å². The number of aliphatic hydroxyl groups is 1. The van der Waals surface area contributed by atoms with Crippen molar-refractivity contribution in [3.05, 3.63) is 93.1 Å². The molecule has 0 saturated carbocycles. The average Bonchev–Trinajstić information content (AvgIpc) is 3.09. The van der Waals surface area contributed by atoms with Crippen LogP contribution in [0.5, 0.6) is 23.0 Å². The summed E-state index contributed by atoms with van der Waals surface area (Å²) in [5.74, 6) is -3.20. The molecule has 0 bridgehead atoms. The number of phenols is 4. The zero-order valence-corrected chi connectivity index (χ0v) is 19.8. The molecule has 0 fully saturated rings. The van der Waals surface area contributed by atoms with Gasteiger partial charge >= 0.3 is 0 Å². The first kappa shape index (κ1) is 22.5. The van der Waals surface area contributed by atoms with Gasteiger partial charge in [-0.1, -0.05) is 18.2 Å². The molecule has 5 N–H and O–H groups in total. The van der Waals surface area contributed by atoms with Crippen LogP contribution in [0.15, 0.2) is 54.1 Å². The molecule has 8 nitrogen and oxygen atoms in total. The van der Waals surface area contributed by atoms with Crippen LogP contribution in [-0.2, 0) is 5.41 Å². The minimum Gasteiger partial charge on any atom is -0.508 e. The van der Waals surface area contributed by atoms with Crippen molar-refractivity contribution >= 4 is 28.5 Å². The number of carbonyl (C=O) groups excluding carboxylic acids is 3.